The van der Waals surface area contributed by atoms with Crippen LogP contribution in [-0.2, 0) is 6.54 Å². The maximum absolute atomic E-state index is 11.7. The van der Waals surface area contributed by atoms with Gasteiger partial charge in [0.15, 0.2) is 5.78 Å². The Morgan fingerprint density at radius 2 is 2.20 bits per heavy atom. The Morgan fingerprint density at radius 3 is 2.87 bits per heavy atom. The summed E-state index contributed by atoms with van der Waals surface area (Å²) in [4.78, 5) is 11.7. The van der Waals surface area contributed by atoms with Gasteiger partial charge in [-0.05, 0) is 22.6 Å². The zero-order valence-corrected chi connectivity index (χ0v) is 8.42. The van der Waals surface area contributed by atoms with Crippen molar-refractivity contribution in [1.29, 1.82) is 0 Å². The lowest BCUT2D eigenvalue weighted by atomic mass is 10.1. The third-order valence-electron chi connectivity index (χ3n) is 1.87. The van der Waals surface area contributed by atoms with Crippen molar-refractivity contribution in [3.05, 3.63) is 41.2 Å². The van der Waals surface area contributed by atoms with Crippen LogP contribution in [0.3, 0.4) is 0 Å². The molecule has 0 N–H and O–H groups in total. The fourth-order valence-electron chi connectivity index (χ4n) is 1.17. The van der Waals surface area contributed by atoms with Crippen LogP contribution in [0.5, 0.6) is 0 Å². The van der Waals surface area contributed by atoms with Crippen LogP contribution < -0.4 is 0 Å². The minimum absolute atomic E-state index is 0.0940. The standard InChI is InChI=1S/C9H7ClN4O/c10-8-4-2-1-3-7(8)9(15)5-14-6-11-12-13-14/h1-4,6H,5H2. The van der Waals surface area contributed by atoms with Gasteiger partial charge in [-0.15, -0.1) is 5.10 Å². The molecule has 0 aliphatic carbocycles. The predicted octanol–water partition coefficient (Wildman–Crippen LogP) is 1.21. The van der Waals surface area contributed by atoms with E-state index in [0.717, 1.165) is 0 Å². The van der Waals surface area contributed by atoms with Crippen molar-refractivity contribution < 1.29 is 4.79 Å². The van der Waals surface area contributed by atoms with Crippen molar-refractivity contribution in [2.24, 2.45) is 0 Å². The monoisotopic (exact) mass is 222 g/mol. The Labute approximate surface area is 90.7 Å². The Morgan fingerprint density at radius 1 is 1.40 bits per heavy atom. The molecule has 0 bridgehead atoms. The van der Waals surface area contributed by atoms with Gasteiger partial charge in [-0.2, -0.15) is 0 Å². The molecule has 1 aromatic carbocycles. The molecular formula is C9H7ClN4O. The molecule has 0 radical (unpaired) electrons. The van der Waals surface area contributed by atoms with E-state index in [4.69, 9.17) is 11.6 Å². The summed E-state index contributed by atoms with van der Waals surface area (Å²) in [6.07, 6.45) is 1.38. The highest BCUT2D eigenvalue weighted by Gasteiger charge is 2.10. The van der Waals surface area contributed by atoms with Gasteiger partial charge in [0.2, 0.25) is 0 Å². The summed E-state index contributed by atoms with van der Waals surface area (Å²) >= 11 is 5.88. The minimum atomic E-state index is -0.118. The third-order valence-corrected chi connectivity index (χ3v) is 2.20. The number of hydrogen-bond donors (Lipinski definition) is 0. The number of carbonyl (C=O) groups is 1. The van der Waals surface area contributed by atoms with E-state index in [1.165, 1.54) is 11.0 Å². The number of nitrogens with zero attached hydrogens (tertiary/aromatic N) is 4. The van der Waals surface area contributed by atoms with E-state index >= 15 is 0 Å². The first-order valence-corrected chi connectivity index (χ1v) is 4.63. The first kappa shape index (κ1) is 9.79. The van der Waals surface area contributed by atoms with E-state index in [-0.39, 0.29) is 12.3 Å². The molecule has 5 nitrogen and oxygen atoms in total. The molecule has 0 saturated carbocycles. The lowest BCUT2D eigenvalue weighted by Gasteiger charge is -2.01. The Hall–Kier alpha value is -1.75. The molecule has 6 heteroatoms. The highest BCUT2D eigenvalue weighted by molar-refractivity contribution is 6.33. The van der Waals surface area contributed by atoms with Gasteiger partial charge in [-0.25, -0.2) is 4.68 Å². The van der Waals surface area contributed by atoms with Crippen molar-refractivity contribution in [2.45, 2.75) is 6.54 Å². The van der Waals surface area contributed by atoms with Gasteiger partial charge in [0.1, 0.15) is 12.9 Å². The molecule has 0 saturated heterocycles. The predicted molar refractivity (Wildman–Crippen MR) is 53.6 cm³/mol. The smallest absolute Gasteiger partial charge is 0.185 e. The first-order valence-electron chi connectivity index (χ1n) is 4.26. The van der Waals surface area contributed by atoms with Crippen molar-refractivity contribution >= 4 is 17.4 Å². The van der Waals surface area contributed by atoms with Crippen LogP contribution in [0.1, 0.15) is 10.4 Å². The molecule has 1 heterocycles. The molecule has 2 aromatic rings. The van der Waals surface area contributed by atoms with Crippen LogP contribution in [0.15, 0.2) is 30.6 Å². The molecule has 0 aliphatic rings. The first-order chi connectivity index (χ1) is 7.27. The number of carbonyl (C=O) groups excluding carboxylic acids is 1. The quantitative estimate of drug-likeness (QED) is 0.733. The van der Waals surface area contributed by atoms with E-state index in [9.17, 15) is 4.79 Å². The summed E-state index contributed by atoms with van der Waals surface area (Å²) in [5.41, 5.74) is 0.481. The molecule has 0 unspecified atom stereocenters. The number of aromatic nitrogens is 4. The van der Waals surface area contributed by atoms with Gasteiger partial charge >= 0.3 is 0 Å². The SMILES string of the molecule is O=C(Cn1cnnn1)c1ccccc1Cl. The van der Waals surface area contributed by atoms with Gasteiger partial charge in [-0.1, -0.05) is 23.7 Å². The van der Waals surface area contributed by atoms with Gasteiger partial charge < -0.3 is 0 Å². The number of Topliss-reactive ketones (excluding diaryl/α,β-unsaturated/α-hetero) is 1. The number of halogens is 1. The summed E-state index contributed by atoms with van der Waals surface area (Å²) in [5, 5.41) is 10.9. The summed E-state index contributed by atoms with van der Waals surface area (Å²) < 4.78 is 1.35. The van der Waals surface area contributed by atoms with E-state index in [1.807, 2.05) is 0 Å². The fourth-order valence-corrected chi connectivity index (χ4v) is 1.41. The minimum Gasteiger partial charge on any atom is -0.292 e. The third kappa shape index (κ3) is 2.19. The molecule has 0 spiro atoms. The molecule has 76 valence electrons. The number of benzene rings is 1. The Kier molecular flexibility index (Phi) is 2.73. The summed E-state index contributed by atoms with van der Waals surface area (Å²) in [6.45, 7) is 0.0940. The van der Waals surface area contributed by atoms with Crippen molar-refractivity contribution in [2.75, 3.05) is 0 Å². The normalized spacial score (nSPS) is 10.2. The van der Waals surface area contributed by atoms with Crippen molar-refractivity contribution in [3.63, 3.8) is 0 Å². The van der Waals surface area contributed by atoms with Crippen LogP contribution in [0.25, 0.3) is 0 Å². The highest BCUT2D eigenvalue weighted by Crippen LogP contribution is 2.15. The second-order valence-electron chi connectivity index (χ2n) is 2.91. The second kappa shape index (κ2) is 4.18. The maximum atomic E-state index is 11.7. The molecule has 1 aromatic heterocycles. The van der Waals surface area contributed by atoms with Gasteiger partial charge in [0.25, 0.3) is 0 Å². The van der Waals surface area contributed by atoms with Gasteiger partial charge in [0.05, 0.1) is 5.02 Å². The van der Waals surface area contributed by atoms with Crippen LogP contribution in [0.4, 0.5) is 0 Å². The van der Waals surface area contributed by atoms with Crippen molar-refractivity contribution in [1.82, 2.24) is 20.2 Å². The summed E-state index contributed by atoms with van der Waals surface area (Å²) in [6, 6.07) is 6.89. The van der Waals surface area contributed by atoms with E-state index < -0.39 is 0 Å². The maximum Gasteiger partial charge on any atom is 0.185 e. The molecule has 0 aliphatic heterocycles. The number of hydrogen-bond acceptors (Lipinski definition) is 4. The number of rotatable bonds is 3. The van der Waals surface area contributed by atoms with Crippen LogP contribution in [0.2, 0.25) is 5.02 Å². The molecule has 0 amide bonds. The lowest BCUT2D eigenvalue weighted by Crippen LogP contribution is -2.11. The molecule has 0 fully saturated rings. The Balaban J connectivity index is 2.19. The summed E-state index contributed by atoms with van der Waals surface area (Å²) in [5.74, 6) is -0.118. The molecular weight excluding hydrogens is 216 g/mol. The van der Waals surface area contributed by atoms with Gasteiger partial charge in [-0.3, -0.25) is 4.79 Å². The van der Waals surface area contributed by atoms with Crippen LogP contribution in [0, 0.1) is 0 Å². The number of tetrazole rings is 1. The zero-order valence-electron chi connectivity index (χ0n) is 7.67. The van der Waals surface area contributed by atoms with E-state index in [0.29, 0.717) is 10.6 Å². The highest BCUT2D eigenvalue weighted by atomic mass is 35.5. The Bertz CT molecular complexity index is 469. The average molecular weight is 223 g/mol. The lowest BCUT2D eigenvalue weighted by molar-refractivity contribution is 0.0967. The van der Waals surface area contributed by atoms with Gasteiger partial charge in [0, 0.05) is 5.56 Å². The summed E-state index contributed by atoms with van der Waals surface area (Å²) in [7, 11) is 0. The second-order valence-corrected chi connectivity index (χ2v) is 3.32. The largest absolute Gasteiger partial charge is 0.292 e. The molecule has 2 rings (SSSR count). The zero-order chi connectivity index (χ0) is 10.7. The van der Waals surface area contributed by atoms with Crippen LogP contribution >= 0.6 is 11.6 Å². The fraction of sp³-hybridized carbons (Fsp3) is 0.111. The number of ketones is 1. The van der Waals surface area contributed by atoms with Crippen LogP contribution in [-0.4, -0.2) is 26.0 Å². The average Bonchev–Trinajstić information content (AvgIpc) is 2.71. The topological polar surface area (TPSA) is 60.7 Å². The molecule has 0 atom stereocenters. The van der Waals surface area contributed by atoms with Crippen molar-refractivity contribution in [3.8, 4) is 0 Å². The van der Waals surface area contributed by atoms with E-state index in [2.05, 4.69) is 15.5 Å². The molecule has 15 heavy (non-hydrogen) atoms. The van der Waals surface area contributed by atoms with E-state index in [1.54, 1.807) is 24.3 Å².